The average Bonchev–Trinajstić information content (AvgIpc) is 2.06. The van der Waals surface area contributed by atoms with Crippen molar-refractivity contribution in [3.05, 3.63) is 11.1 Å². The van der Waals surface area contributed by atoms with Crippen LogP contribution in [-0.4, -0.2) is 12.6 Å². The van der Waals surface area contributed by atoms with Gasteiger partial charge in [0.15, 0.2) is 0 Å². The number of fused-ring (bicyclic) bond motifs is 2. The molecule has 1 fully saturated rings. The summed E-state index contributed by atoms with van der Waals surface area (Å²) in [5.74, 6) is 0.311. The van der Waals surface area contributed by atoms with E-state index in [0.717, 1.165) is 37.4 Å². The zero-order chi connectivity index (χ0) is 8.77. The van der Waals surface area contributed by atoms with Crippen molar-refractivity contribution >= 4 is 12.6 Å². The Labute approximate surface area is 71.6 Å². The van der Waals surface area contributed by atoms with Crippen LogP contribution in [-0.2, 0) is 9.59 Å². The summed E-state index contributed by atoms with van der Waals surface area (Å²) in [6.07, 6.45) is 4.73. The molecular formula is C10H12O2. The first-order valence-corrected chi connectivity index (χ1v) is 4.36. The molecule has 0 radical (unpaired) electrons. The lowest BCUT2D eigenvalue weighted by Crippen LogP contribution is -2.48. The van der Waals surface area contributed by atoms with Crippen LogP contribution < -0.4 is 0 Å². The summed E-state index contributed by atoms with van der Waals surface area (Å²) < 4.78 is 0. The molecule has 0 aliphatic heterocycles. The zero-order valence-corrected chi connectivity index (χ0v) is 7.17. The third kappa shape index (κ3) is 0.655. The minimum atomic E-state index is -0.692. The quantitative estimate of drug-likeness (QED) is 0.352. The summed E-state index contributed by atoms with van der Waals surface area (Å²) in [6.45, 7) is 2.03. The third-order valence-corrected chi connectivity index (χ3v) is 3.42. The van der Waals surface area contributed by atoms with Gasteiger partial charge in [-0.1, -0.05) is 11.1 Å². The van der Waals surface area contributed by atoms with Gasteiger partial charge in [-0.2, -0.15) is 0 Å². The van der Waals surface area contributed by atoms with Gasteiger partial charge < -0.3 is 9.59 Å². The van der Waals surface area contributed by atoms with Gasteiger partial charge in [-0.3, -0.25) is 0 Å². The van der Waals surface area contributed by atoms with Crippen LogP contribution in [0.15, 0.2) is 11.1 Å². The Morgan fingerprint density at radius 2 is 2.08 bits per heavy atom. The molecule has 0 heterocycles. The Kier molecular flexibility index (Phi) is 1.47. The smallest absolute Gasteiger partial charge is 0.137 e. The largest absolute Gasteiger partial charge is 0.302 e. The van der Waals surface area contributed by atoms with E-state index in [9.17, 15) is 9.59 Å². The fourth-order valence-corrected chi connectivity index (χ4v) is 2.50. The highest BCUT2D eigenvalue weighted by atomic mass is 16.1. The Hall–Kier alpha value is -0.920. The van der Waals surface area contributed by atoms with Crippen molar-refractivity contribution in [3.8, 4) is 0 Å². The fraction of sp³-hybridized carbons (Fsp3) is 0.600. The molecule has 12 heavy (non-hydrogen) atoms. The van der Waals surface area contributed by atoms with Gasteiger partial charge >= 0.3 is 0 Å². The molecule has 0 amide bonds. The molecule has 2 heteroatoms. The van der Waals surface area contributed by atoms with E-state index in [2.05, 4.69) is 0 Å². The minimum absolute atomic E-state index is 0.311. The van der Waals surface area contributed by atoms with E-state index in [4.69, 9.17) is 0 Å². The molecule has 0 aromatic heterocycles. The second-order valence-corrected chi connectivity index (χ2v) is 3.87. The Morgan fingerprint density at radius 1 is 1.42 bits per heavy atom. The second kappa shape index (κ2) is 2.28. The lowest BCUT2D eigenvalue weighted by Gasteiger charge is -2.49. The topological polar surface area (TPSA) is 34.1 Å². The number of allylic oxidation sites excluding steroid dienone is 2. The number of carbonyl (C=O) groups excluding carboxylic acids is 2. The van der Waals surface area contributed by atoms with Crippen LogP contribution in [0.25, 0.3) is 0 Å². The zero-order valence-electron chi connectivity index (χ0n) is 7.17. The molecular weight excluding hydrogens is 152 g/mol. The summed E-state index contributed by atoms with van der Waals surface area (Å²) in [4.78, 5) is 21.7. The third-order valence-electron chi connectivity index (χ3n) is 3.42. The van der Waals surface area contributed by atoms with Crippen molar-refractivity contribution in [3.63, 3.8) is 0 Å². The van der Waals surface area contributed by atoms with E-state index in [1.165, 1.54) is 5.57 Å². The van der Waals surface area contributed by atoms with Crippen molar-refractivity contribution in [1.82, 2.24) is 0 Å². The predicted molar refractivity (Wildman–Crippen MR) is 44.6 cm³/mol. The summed E-state index contributed by atoms with van der Waals surface area (Å²) >= 11 is 0. The second-order valence-electron chi connectivity index (χ2n) is 3.87. The van der Waals surface area contributed by atoms with Gasteiger partial charge in [-0.25, -0.2) is 0 Å². The molecule has 64 valence electrons. The predicted octanol–water partition coefficient (Wildman–Crippen LogP) is 1.50. The van der Waals surface area contributed by atoms with Crippen LogP contribution in [0.4, 0.5) is 0 Å². The lowest BCUT2D eigenvalue weighted by molar-refractivity contribution is -0.131. The molecule has 0 aromatic rings. The molecule has 3 aliphatic carbocycles. The number of hydrogen-bond acceptors (Lipinski definition) is 2. The number of aldehydes is 2. The number of rotatable bonds is 2. The molecule has 0 N–H and O–H groups in total. The van der Waals surface area contributed by atoms with Crippen molar-refractivity contribution < 1.29 is 9.59 Å². The highest BCUT2D eigenvalue weighted by molar-refractivity contribution is 5.92. The van der Waals surface area contributed by atoms with Gasteiger partial charge in [0.2, 0.25) is 0 Å². The SMILES string of the molecule is CC1=C2CC(CC1)C2(C=O)C=O. The highest BCUT2D eigenvalue weighted by Crippen LogP contribution is 2.56. The first kappa shape index (κ1) is 7.71. The molecule has 1 saturated carbocycles. The van der Waals surface area contributed by atoms with Crippen molar-refractivity contribution in [2.75, 3.05) is 0 Å². The number of carbonyl (C=O) groups is 2. The van der Waals surface area contributed by atoms with E-state index in [0.29, 0.717) is 5.92 Å². The van der Waals surface area contributed by atoms with E-state index >= 15 is 0 Å². The maximum absolute atomic E-state index is 10.8. The molecule has 3 aliphatic rings. The summed E-state index contributed by atoms with van der Waals surface area (Å²) in [5, 5.41) is 0. The van der Waals surface area contributed by atoms with E-state index in [-0.39, 0.29) is 0 Å². The molecule has 1 unspecified atom stereocenters. The van der Waals surface area contributed by atoms with E-state index in [1.54, 1.807) is 0 Å². The van der Waals surface area contributed by atoms with Crippen LogP contribution in [0, 0.1) is 11.3 Å². The van der Waals surface area contributed by atoms with Crippen LogP contribution in [0.1, 0.15) is 26.2 Å². The first-order chi connectivity index (χ1) is 5.74. The Balaban J connectivity index is 2.47. The van der Waals surface area contributed by atoms with Gasteiger partial charge in [0.1, 0.15) is 18.0 Å². The van der Waals surface area contributed by atoms with Crippen molar-refractivity contribution in [1.29, 1.82) is 0 Å². The summed E-state index contributed by atoms with van der Waals surface area (Å²) in [6, 6.07) is 0. The summed E-state index contributed by atoms with van der Waals surface area (Å²) in [5.41, 5.74) is 1.67. The van der Waals surface area contributed by atoms with Gasteiger partial charge in [0.05, 0.1) is 0 Å². The number of hydrogen-bond donors (Lipinski definition) is 0. The average molecular weight is 164 g/mol. The molecule has 0 spiro atoms. The molecule has 0 aromatic carbocycles. The lowest BCUT2D eigenvalue weighted by atomic mass is 9.52. The van der Waals surface area contributed by atoms with E-state index in [1.807, 2.05) is 6.92 Å². The van der Waals surface area contributed by atoms with Crippen molar-refractivity contribution in [2.24, 2.45) is 11.3 Å². The maximum Gasteiger partial charge on any atom is 0.137 e. The fourth-order valence-electron chi connectivity index (χ4n) is 2.50. The van der Waals surface area contributed by atoms with E-state index < -0.39 is 5.41 Å². The van der Waals surface area contributed by atoms with Crippen LogP contribution in [0.3, 0.4) is 0 Å². The monoisotopic (exact) mass is 164 g/mol. The molecule has 3 rings (SSSR count). The van der Waals surface area contributed by atoms with Gasteiger partial charge in [0.25, 0.3) is 0 Å². The van der Waals surface area contributed by atoms with Gasteiger partial charge in [-0.15, -0.1) is 0 Å². The molecule has 1 atom stereocenters. The normalized spacial score (nSPS) is 30.9. The minimum Gasteiger partial charge on any atom is -0.302 e. The van der Waals surface area contributed by atoms with Crippen LogP contribution >= 0.6 is 0 Å². The Morgan fingerprint density at radius 3 is 2.42 bits per heavy atom. The van der Waals surface area contributed by atoms with Crippen LogP contribution in [0.2, 0.25) is 0 Å². The summed E-state index contributed by atoms with van der Waals surface area (Å²) in [7, 11) is 0. The maximum atomic E-state index is 10.8. The first-order valence-electron chi connectivity index (χ1n) is 4.36. The van der Waals surface area contributed by atoms with Crippen molar-refractivity contribution in [2.45, 2.75) is 26.2 Å². The van der Waals surface area contributed by atoms with Gasteiger partial charge in [0, 0.05) is 0 Å². The molecule has 2 bridgehead atoms. The highest BCUT2D eigenvalue weighted by Gasteiger charge is 2.53. The molecule has 2 nitrogen and oxygen atoms in total. The molecule has 0 saturated heterocycles. The Bertz CT molecular complexity index is 268. The van der Waals surface area contributed by atoms with Gasteiger partial charge in [-0.05, 0) is 32.1 Å². The van der Waals surface area contributed by atoms with Crippen LogP contribution in [0.5, 0.6) is 0 Å². The standard InChI is InChI=1S/C10H12O2/c1-7-2-3-8-4-9(7)10(8,5-11)6-12/h5-6,8H,2-4H2,1H3.